The maximum atomic E-state index is 12.8. The Bertz CT molecular complexity index is 862. The second kappa shape index (κ2) is 36.5. The largest absolute Gasteiger partial charge is 0.466 e. The van der Waals surface area contributed by atoms with E-state index in [9.17, 15) is 9.59 Å². The molecule has 1 rings (SSSR count). The molecule has 7 heteroatoms. The molecular formula is C44H83N3O4. The first-order chi connectivity index (χ1) is 25.1. The molecule has 0 bridgehead atoms. The Kier molecular flexibility index (Phi) is 33.7. The third-order valence-corrected chi connectivity index (χ3v) is 10.2. The van der Waals surface area contributed by atoms with Gasteiger partial charge in [0.1, 0.15) is 6.10 Å². The number of hydrogen-bond acceptors (Lipinski definition) is 6. The van der Waals surface area contributed by atoms with Crippen molar-refractivity contribution in [3.63, 3.8) is 0 Å². The lowest BCUT2D eigenvalue weighted by Gasteiger charge is -2.22. The predicted octanol–water partition coefficient (Wildman–Crippen LogP) is 12.4. The number of aromatic nitrogens is 2. The van der Waals surface area contributed by atoms with E-state index in [0.29, 0.717) is 19.4 Å². The molecule has 0 radical (unpaired) electrons. The molecule has 0 spiro atoms. The second-order valence-corrected chi connectivity index (χ2v) is 15.2. The van der Waals surface area contributed by atoms with Gasteiger partial charge in [0.25, 0.3) is 0 Å². The van der Waals surface area contributed by atoms with Crippen LogP contribution in [0.1, 0.15) is 213 Å². The first-order valence-electron chi connectivity index (χ1n) is 22.1. The summed E-state index contributed by atoms with van der Waals surface area (Å²) >= 11 is 0. The highest BCUT2D eigenvalue weighted by Crippen LogP contribution is 2.18. The molecule has 7 nitrogen and oxygen atoms in total. The molecule has 0 aliphatic heterocycles. The molecule has 0 atom stereocenters. The molecule has 0 amide bonds. The van der Waals surface area contributed by atoms with Crippen LogP contribution in [0.5, 0.6) is 0 Å². The van der Waals surface area contributed by atoms with Crippen LogP contribution in [0.4, 0.5) is 0 Å². The zero-order chi connectivity index (χ0) is 36.9. The lowest BCUT2D eigenvalue weighted by molar-refractivity contribution is -0.150. The number of carbonyl (C=O) groups excluding carboxylic acids is 2. The molecule has 1 aromatic heterocycles. The molecule has 0 aromatic carbocycles. The highest BCUT2D eigenvalue weighted by atomic mass is 16.5. The predicted molar refractivity (Wildman–Crippen MR) is 215 cm³/mol. The van der Waals surface area contributed by atoms with E-state index in [-0.39, 0.29) is 18.0 Å². The van der Waals surface area contributed by atoms with E-state index in [1.807, 2.05) is 18.7 Å². The topological polar surface area (TPSA) is 73.7 Å². The van der Waals surface area contributed by atoms with Crippen molar-refractivity contribution in [3.05, 3.63) is 18.7 Å². The van der Waals surface area contributed by atoms with E-state index in [1.165, 1.54) is 116 Å². The SMILES string of the molecule is CCCCCCCCCOC(=O)CCCN(CCCCCCCC(=O)OC(CCCCCCCC)CCCCCCCC)CCCn1ccnc1. The van der Waals surface area contributed by atoms with E-state index in [2.05, 4.69) is 35.2 Å². The zero-order valence-corrected chi connectivity index (χ0v) is 34.0. The number of ether oxygens (including phenoxy) is 2. The summed E-state index contributed by atoms with van der Waals surface area (Å²) < 4.78 is 13.7. The fourth-order valence-corrected chi connectivity index (χ4v) is 6.94. The van der Waals surface area contributed by atoms with Gasteiger partial charge in [-0.3, -0.25) is 9.59 Å². The van der Waals surface area contributed by atoms with Gasteiger partial charge in [-0.05, 0) is 77.4 Å². The van der Waals surface area contributed by atoms with Crippen molar-refractivity contribution in [1.29, 1.82) is 0 Å². The van der Waals surface area contributed by atoms with Crippen molar-refractivity contribution in [3.8, 4) is 0 Å². The second-order valence-electron chi connectivity index (χ2n) is 15.2. The number of hydrogen-bond donors (Lipinski definition) is 0. The fraction of sp³-hybridized carbons (Fsp3) is 0.886. The minimum absolute atomic E-state index is 0.0157. The number of imidazole rings is 1. The smallest absolute Gasteiger partial charge is 0.306 e. The maximum absolute atomic E-state index is 12.8. The van der Waals surface area contributed by atoms with E-state index in [0.717, 1.165) is 90.4 Å². The van der Waals surface area contributed by atoms with Gasteiger partial charge >= 0.3 is 11.9 Å². The lowest BCUT2D eigenvalue weighted by Crippen LogP contribution is -2.28. The van der Waals surface area contributed by atoms with Gasteiger partial charge in [-0.1, -0.05) is 143 Å². The van der Waals surface area contributed by atoms with Gasteiger partial charge in [0.2, 0.25) is 0 Å². The Morgan fingerprint density at radius 3 is 1.65 bits per heavy atom. The molecule has 0 aliphatic rings. The molecule has 1 heterocycles. The van der Waals surface area contributed by atoms with Crippen LogP contribution in [-0.4, -0.2) is 58.7 Å². The number of esters is 2. The summed E-state index contributed by atoms with van der Waals surface area (Å²) in [6.45, 7) is 11.3. The molecule has 51 heavy (non-hydrogen) atoms. The fourth-order valence-electron chi connectivity index (χ4n) is 6.94. The van der Waals surface area contributed by atoms with Gasteiger partial charge in [0.15, 0.2) is 0 Å². The summed E-state index contributed by atoms with van der Waals surface area (Å²) in [5, 5.41) is 0. The number of nitrogens with zero attached hydrogens (tertiary/aromatic N) is 3. The Morgan fingerprint density at radius 1 is 0.569 bits per heavy atom. The first kappa shape index (κ1) is 47.1. The van der Waals surface area contributed by atoms with Crippen molar-refractivity contribution in [2.24, 2.45) is 0 Å². The quantitative estimate of drug-likeness (QED) is 0.0498. The van der Waals surface area contributed by atoms with Crippen molar-refractivity contribution < 1.29 is 19.1 Å². The molecule has 0 unspecified atom stereocenters. The van der Waals surface area contributed by atoms with Crippen LogP contribution in [0.25, 0.3) is 0 Å². The summed E-state index contributed by atoms with van der Waals surface area (Å²) in [5.74, 6) is -0.0315. The average molecular weight is 718 g/mol. The van der Waals surface area contributed by atoms with Gasteiger partial charge in [-0.15, -0.1) is 0 Å². The monoisotopic (exact) mass is 718 g/mol. The van der Waals surface area contributed by atoms with Gasteiger partial charge in [-0.25, -0.2) is 4.98 Å². The summed E-state index contributed by atoms with van der Waals surface area (Å²) in [6.07, 6.45) is 40.4. The number of unbranched alkanes of at least 4 members (excludes halogenated alkanes) is 20. The van der Waals surface area contributed by atoms with E-state index in [4.69, 9.17) is 9.47 Å². The third-order valence-electron chi connectivity index (χ3n) is 10.2. The highest BCUT2D eigenvalue weighted by molar-refractivity contribution is 5.69. The summed E-state index contributed by atoms with van der Waals surface area (Å²) in [4.78, 5) is 31.8. The van der Waals surface area contributed by atoms with E-state index < -0.39 is 0 Å². The maximum Gasteiger partial charge on any atom is 0.306 e. The average Bonchev–Trinajstić information content (AvgIpc) is 3.65. The lowest BCUT2D eigenvalue weighted by atomic mass is 10.0. The number of rotatable bonds is 39. The number of aryl methyl sites for hydroxylation is 1. The van der Waals surface area contributed by atoms with Crippen molar-refractivity contribution in [2.45, 2.75) is 226 Å². The summed E-state index contributed by atoms with van der Waals surface area (Å²) in [7, 11) is 0. The summed E-state index contributed by atoms with van der Waals surface area (Å²) in [5.41, 5.74) is 0. The van der Waals surface area contributed by atoms with Gasteiger partial charge in [0.05, 0.1) is 12.9 Å². The standard InChI is InChI=1S/C44H83N3O4/c1-4-7-10-13-16-22-27-40-50-43(48)33-28-36-46(37-29-38-47-39-34-45-41-47)35-26-21-17-20-25-32-44(49)51-42(30-23-18-14-11-8-5-2)31-24-19-15-12-9-6-3/h34,39,41-42H,4-33,35-38,40H2,1-3H3. The van der Waals surface area contributed by atoms with Crippen molar-refractivity contribution >= 4 is 11.9 Å². The Balaban J connectivity index is 2.29. The minimum atomic E-state index is -0.0472. The Labute approximate surface area is 315 Å². The van der Waals surface area contributed by atoms with Crippen LogP contribution in [0.3, 0.4) is 0 Å². The molecule has 298 valence electrons. The molecule has 0 saturated carbocycles. The number of carbonyl (C=O) groups is 2. The molecular weight excluding hydrogens is 635 g/mol. The first-order valence-corrected chi connectivity index (χ1v) is 22.1. The van der Waals surface area contributed by atoms with Gasteiger partial charge in [-0.2, -0.15) is 0 Å². The Hall–Kier alpha value is -1.89. The van der Waals surface area contributed by atoms with Crippen molar-refractivity contribution in [2.75, 3.05) is 26.2 Å². The molecule has 0 aliphatic carbocycles. The normalized spacial score (nSPS) is 11.5. The molecule has 1 aromatic rings. The van der Waals surface area contributed by atoms with Crippen LogP contribution < -0.4 is 0 Å². The van der Waals surface area contributed by atoms with Crippen LogP contribution in [-0.2, 0) is 25.6 Å². The molecule has 0 N–H and O–H groups in total. The Morgan fingerprint density at radius 2 is 1.06 bits per heavy atom. The molecule has 0 fully saturated rings. The van der Waals surface area contributed by atoms with E-state index >= 15 is 0 Å². The highest BCUT2D eigenvalue weighted by Gasteiger charge is 2.14. The minimum Gasteiger partial charge on any atom is -0.466 e. The van der Waals surface area contributed by atoms with Crippen LogP contribution in [0.2, 0.25) is 0 Å². The van der Waals surface area contributed by atoms with Gasteiger partial charge in [0, 0.05) is 31.8 Å². The van der Waals surface area contributed by atoms with Crippen LogP contribution >= 0.6 is 0 Å². The van der Waals surface area contributed by atoms with Crippen molar-refractivity contribution in [1.82, 2.24) is 14.5 Å². The summed E-state index contributed by atoms with van der Waals surface area (Å²) in [6, 6.07) is 0. The molecule has 0 saturated heterocycles. The van der Waals surface area contributed by atoms with Gasteiger partial charge < -0.3 is 18.9 Å². The van der Waals surface area contributed by atoms with Crippen LogP contribution in [0.15, 0.2) is 18.7 Å². The van der Waals surface area contributed by atoms with E-state index in [1.54, 1.807) is 0 Å². The van der Waals surface area contributed by atoms with Crippen LogP contribution in [0, 0.1) is 0 Å². The third kappa shape index (κ3) is 31.4. The zero-order valence-electron chi connectivity index (χ0n) is 34.0.